The van der Waals surface area contributed by atoms with Crippen molar-refractivity contribution in [2.24, 2.45) is 0 Å². The zero-order chi connectivity index (χ0) is 10.8. The first kappa shape index (κ1) is 10.3. The maximum absolute atomic E-state index is 3.49. The molecule has 0 radical (unpaired) electrons. The largest absolute Gasteiger partial charge is 0.317 e. The summed E-state index contributed by atoms with van der Waals surface area (Å²) in [6.45, 7) is 4.89. The molecule has 2 heteroatoms. The fraction of sp³-hybridized carbons (Fsp3) is 0.571. The van der Waals surface area contributed by atoms with E-state index in [0.29, 0.717) is 5.54 Å². The average Bonchev–Trinajstić information content (AvgIpc) is 2.29. The van der Waals surface area contributed by atoms with Gasteiger partial charge in [0.1, 0.15) is 0 Å². The Hall–Kier alpha value is -0.860. The summed E-state index contributed by atoms with van der Waals surface area (Å²) in [4.78, 5) is 2.68. The molecule has 0 aliphatic carbocycles. The molecule has 3 rings (SSSR count). The zero-order valence-corrected chi connectivity index (χ0v) is 9.78. The van der Waals surface area contributed by atoms with E-state index in [1.54, 1.807) is 0 Å². The number of hydrogen-bond donors (Lipinski definition) is 1. The van der Waals surface area contributed by atoms with Crippen LogP contribution in [0, 0.1) is 0 Å². The summed E-state index contributed by atoms with van der Waals surface area (Å²) in [6.07, 6.45) is 3.90. The molecule has 2 heterocycles. The molecule has 2 nitrogen and oxygen atoms in total. The maximum atomic E-state index is 3.49. The van der Waals surface area contributed by atoms with E-state index in [2.05, 4.69) is 40.5 Å². The zero-order valence-electron chi connectivity index (χ0n) is 9.78. The minimum absolute atomic E-state index is 0.338. The van der Waals surface area contributed by atoms with Gasteiger partial charge in [-0.1, -0.05) is 30.3 Å². The standard InChI is InChI=1S/C14H20N2/c1-2-5-13(6-3-1)14(16-11-4-12-16)7-9-15-10-8-14/h1-3,5-6,15H,4,7-12H2. The highest BCUT2D eigenvalue weighted by molar-refractivity contribution is 5.26. The highest BCUT2D eigenvalue weighted by Gasteiger charge is 2.41. The fourth-order valence-corrected chi connectivity index (χ4v) is 3.12. The lowest BCUT2D eigenvalue weighted by atomic mass is 9.78. The second-order valence-electron chi connectivity index (χ2n) is 4.99. The van der Waals surface area contributed by atoms with Gasteiger partial charge in [-0.15, -0.1) is 0 Å². The summed E-state index contributed by atoms with van der Waals surface area (Å²) in [6, 6.07) is 11.1. The molecular weight excluding hydrogens is 196 g/mol. The number of hydrogen-bond acceptors (Lipinski definition) is 2. The second-order valence-corrected chi connectivity index (χ2v) is 4.99. The Morgan fingerprint density at radius 2 is 1.69 bits per heavy atom. The lowest BCUT2D eigenvalue weighted by Gasteiger charge is -2.51. The van der Waals surface area contributed by atoms with Crippen LogP contribution in [0.2, 0.25) is 0 Å². The fourth-order valence-electron chi connectivity index (χ4n) is 3.12. The second kappa shape index (κ2) is 4.19. The molecule has 1 aromatic carbocycles. The monoisotopic (exact) mass is 216 g/mol. The van der Waals surface area contributed by atoms with Crippen molar-refractivity contribution in [1.29, 1.82) is 0 Å². The first-order chi connectivity index (χ1) is 7.92. The van der Waals surface area contributed by atoms with Crippen molar-refractivity contribution in [3.63, 3.8) is 0 Å². The summed E-state index contributed by atoms with van der Waals surface area (Å²) >= 11 is 0. The van der Waals surface area contributed by atoms with Gasteiger partial charge in [0.15, 0.2) is 0 Å². The molecule has 2 aliphatic rings. The Bertz CT molecular complexity index is 337. The van der Waals surface area contributed by atoms with E-state index in [1.165, 1.54) is 37.9 Å². The van der Waals surface area contributed by atoms with E-state index in [9.17, 15) is 0 Å². The molecular formula is C14H20N2. The summed E-state index contributed by atoms with van der Waals surface area (Å²) in [5, 5.41) is 3.49. The molecule has 2 aliphatic heterocycles. The summed E-state index contributed by atoms with van der Waals surface area (Å²) in [5.74, 6) is 0. The van der Waals surface area contributed by atoms with Gasteiger partial charge in [0, 0.05) is 18.6 Å². The van der Waals surface area contributed by atoms with E-state index in [4.69, 9.17) is 0 Å². The van der Waals surface area contributed by atoms with Crippen LogP contribution < -0.4 is 5.32 Å². The smallest absolute Gasteiger partial charge is 0.0484 e. The molecule has 0 unspecified atom stereocenters. The van der Waals surface area contributed by atoms with Gasteiger partial charge in [-0.2, -0.15) is 0 Å². The molecule has 1 aromatic rings. The van der Waals surface area contributed by atoms with Gasteiger partial charge in [-0.25, -0.2) is 0 Å². The SMILES string of the molecule is c1ccc(C2(N3CCC3)CCNCC2)cc1. The lowest BCUT2D eigenvalue weighted by molar-refractivity contribution is 0.00218. The molecule has 2 fully saturated rings. The normalized spacial score (nSPS) is 25.0. The topological polar surface area (TPSA) is 15.3 Å². The Morgan fingerprint density at radius 3 is 2.25 bits per heavy atom. The third kappa shape index (κ3) is 1.57. The molecule has 86 valence electrons. The number of benzene rings is 1. The summed E-state index contributed by atoms with van der Waals surface area (Å²) in [5.41, 5.74) is 1.86. The van der Waals surface area contributed by atoms with Crippen LogP contribution in [0.3, 0.4) is 0 Å². The number of nitrogens with one attached hydrogen (secondary N) is 1. The Kier molecular flexibility index (Phi) is 2.70. The molecule has 0 amide bonds. The number of rotatable bonds is 2. The van der Waals surface area contributed by atoms with Gasteiger partial charge in [0.25, 0.3) is 0 Å². The first-order valence-corrected chi connectivity index (χ1v) is 6.43. The van der Waals surface area contributed by atoms with Crippen LogP contribution in [0.15, 0.2) is 30.3 Å². The van der Waals surface area contributed by atoms with Gasteiger partial charge < -0.3 is 5.32 Å². The molecule has 16 heavy (non-hydrogen) atoms. The molecule has 0 aromatic heterocycles. The third-order valence-electron chi connectivity index (χ3n) is 4.20. The van der Waals surface area contributed by atoms with E-state index < -0.39 is 0 Å². The minimum atomic E-state index is 0.338. The summed E-state index contributed by atoms with van der Waals surface area (Å²) < 4.78 is 0. The van der Waals surface area contributed by atoms with Crippen LogP contribution in [-0.2, 0) is 5.54 Å². The molecule has 0 saturated carbocycles. The van der Waals surface area contributed by atoms with Crippen molar-refractivity contribution >= 4 is 0 Å². The Balaban J connectivity index is 1.94. The summed E-state index contributed by atoms with van der Waals surface area (Å²) in [7, 11) is 0. The van der Waals surface area contributed by atoms with Crippen LogP contribution in [0.1, 0.15) is 24.8 Å². The number of nitrogens with zero attached hydrogens (tertiary/aromatic N) is 1. The Morgan fingerprint density at radius 1 is 1.00 bits per heavy atom. The van der Waals surface area contributed by atoms with E-state index in [-0.39, 0.29) is 0 Å². The quantitative estimate of drug-likeness (QED) is 0.813. The van der Waals surface area contributed by atoms with Crippen molar-refractivity contribution in [1.82, 2.24) is 10.2 Å². The van der Waals surface area contributed by atoms with E-state index in [0.717, 1.165) is 13.1 Å². The molecule has 1 N–H and O–H groups in total. The van der Waals surface area contributed by atoms with Crippen LogP contribution in [0.25, 0.3) is 0 Å². The molecule has 0 atom stereocenters. The van der Waals surface area contributed by atoms with Crippen molar-refractivity contribution in [2.75, 3.05) is 26.2 Å². The first-order valence-electron chi connectivity index (χ1n) is 6.43. The van der Waals surface area contributed by atoms with Crippen LogP contribution in [0.4, 0.5) is 0 Å². The van der Waals surface area contributed by atoms with Gasteiger partial charge in [0.05, 0.1) is 0 Å². The lowest BCUT2D eigenvalue weighted by Crippen LogP contribution is -2.57. The predicted octanol–water partition coefficient (Wildman–Crippen LogP) is 1.97. The van der Waals surface area contributed by atoms with Gasteiger partial charge in [-0.05, 0) is 37.9 Å². The van der Waals surface area contributed by atoms with Gasteiger partial charge in [0.2, 0.25) is 0 Å². The predicted molar refractivity (Wildman–Crippen MR) is 66.4 cm³/mol. The van der Waals surface area contributed by atoms with E-state index >= 15 is 0 Å². The minimum Gasteiger partial charge on any atom is -0.317 e. The average molecular weight is 216 g/mol. The highest BCUT2D eigenvalue weighted by atomic mass is 15.2. The van der Waals surface area contributed by atoms with Gasteiger partial charge >= 0.3 is 0 Å². The highest BCUT2D eigenvalue weighted by Crippen LogP contribution is 2.39. The molecule has 2 saturated heterocycles. The molecule has 0 bridgehead atoms. The number of piperidine rings is 1. The molecule has 0 spiro atoms. The van der Waals surface area contributed by atoms with Crippen molar-refractivity contribution in [3.05, 3.63) is 35.9 Å². The Labute approximate surface area is 97.6 Å². The van der Waals surface area contributed by atoms with Gasteiger partial charge in [-0.3, -0.25) is 4.90 Å². The van der Waals surface area contributed by atoms with Crippen LogP contribution in [-0.4, -0.2) is 31.1 Å². The third-order valence-corrected chi connectivity index (χ3v) is 4.20. The van der Waals surface area contributed by atoms with Crippen molar-refractivity contribution < 1.29 is 0 Å². The van der Waals surface area contributed by atoms with Crippen LogP contribution in [0.5, 0.6) is 0 Å². The van der Waals surface area contributed by atoms with Crippen molar-refractivity contribution in [2.45, 2.75) is 24.8 Å². The van der Waals surface area contributed by atoms with Crippen LogP contribution >= 0.6 is 0 Å². The van der Waals surface area contributed by atoms with E-state index in [1.807, 2.05) is 0 Å². The number of likely N-dealkylation sites (tertiary alicyclic amines) is 1. The maximum Gasteiger partial charge on any atom is 0.0484 e. The van der Waals surface area contributed by atoms with Crippen molar-refractivity contribution in [3.8, 4) is 0 Å².